The van der Waals surface area contributed by atoms with Gasteiger partial charge in [0, 0.05) is 24.9 Å². The van der Waals surface area contributed by atoms with Crippen molar-refractivity contribution in [2.45, 2.75) is 36.6 Å². The van der Waals surface area contributed by atoms with Crippen LogP contribution in [-0.4, -0.2) is 24.1 Å². The zero-order valence-corrected chi connectivity index (χ0v) is 14.6. The number of fused-ring (bicyclic) bond motifs is 1. The van der Waals surface area contributed by atoms with E-state index in [0.29, 0.717) is 18.9 Å². The van der Waals surface area contributed by atoms with Crippen molar-refractivity contribution in [3.63, 3.8) is 0 Å². The van der Waals surface area contributed by atoms with Crippen LogP contribution in [0.15, 0.2) is 53.4 Å². The Morgan fingerprint density at radius 3 is 2.65 bits per heavy atom. The number of amides is 1. The first kappa shape index (κ1) is 16.1. The van der Waals surface area contributed by atoms with Crippen LogP contribution in [0.5, 0.6) is 0 Å². The second-order valence-electron chi connectivity index (χ2n) is 6.24. The van der Waals surface area contributed by atoms with Crippen molar-refractivity contribution in [2.75, 3.05) is 13.3 Å². The summed E-state index contributed by atoms with van der Waals surface area (Å²) >= 11 is 1.74. The maximum Gasteiger partial charge on any atom is 0.223 e. The van der Waals surface area contributed by atoms with E-state index in [0.717, 1.165) is 12.8 Å². The fraction of sp³-hybridized carbons (Fsp3) is 0.350. The lowest BCUT2D eigenvalue weighted by Gasteiger charge is -2.20. The first-order valence-corrected chi connectivity index (χ1v) is 9.34. The Hall–Kier alpha value is -1.74. The number of benzene rings is 2. The number of hydrogen-bond acceptors (Lipinski definition) is 2. The van der Waals surface area contributed by atoms with Crippen LogP contribution in [0.25, 0.3) is 0 Å². The topological polar surface area (TPSA) is 20.3 Å². The molecule has 0 aromatic heterocycles. The summed E-state index contributed by atoms with van der Waals surface area (Å²) in [7, 11) is 1.91. The molecular weight excluding hydrogens is 302 g/mol. The average molecular weight is 325 g/mol. The maximum atomic E-state index is 12.6. The van der Waals surface area contributed by atoms with Crippen LogP contribution < -0.4 is 0 Å². The average Bonchev–Trinajstić information content (AvgIpc) is 2.98. The summed E-state index contributed by atoms with van der Waals surface area (Å²) in [5, 5.41) is 0. The standard InChI is InChI=1S/C20H23NOS/c1-21(14-15-7-11-18(23-2)12-8-15)20(22)13-17-10-9-16-5-3-4-6-19(16)17/h3-8,11-12,17H,9-10,13-14H2,1-2H3. The number of carbonyl (C=O) groups excluding carboxylic acids is 1. The van der Waals surface area contributed by atoms with Gasteiger partial charge in [-0.15, -0.1) is 11.8 Å². The first-order valence-electron chi connectivity index (χ1n) is 8.12. The number of rotatable bonds is 5. The Labute approximate surface area is 142 Å². The van der Waals surface area contributed by atoms with E-state index in [2.05, 4.69) is 54.8 Å². The molecular formula is C20H23NOS. The van der Waals surface area contributed by atoms with E-state index in [-0.39, 0.29) is 5.91 Å². The molecule has 120 valence electrons. The Morgan fingerprint density at radius 1 is 1.17 bits per heavy atom. The van der Waals surface area contributed by atoms with Crippen LogP contribution in [0.2, 0.25) is 0 Å². The fourth-order valence-corrected chi connectivity index (χ4v) is 3.73. The minimum absolute atomic E-state index is 0.237. The quantitative estimate of drug-likeness (QED) is 0.755. The van der Waals surface area contributed by atoms with Crippen molar-refractivity contribution in [2.24, 2.45) is 0 Å². The Bertz CT molecular complexity index is 680. The second-order valence-corrected chi connectivity index (χ2v) is 7.12. The molecule has 1 amide bonds. The molecule has 2 aromatic rings. The molecule has 1 aliphatic carbocycles. The van der Waals surface area contributed by atoms with E-state index < -0.39 is 0 Å². The third-order valence-electron chi connectivity index (χ3n) is 4.68. The van der Waals surface area contributed by atoms with Gasteiger partial charge in [0.05, 0.1) is 0 Å². The number of thioether (sulfide) groups is 1. The molecule has 0 saturated carbocycles. The largest absolute Gasteiger partial charge is 0.341 e. The lowest BCUT2D eigenvalue weighted by atomic mass is 9.97. The van der Waals surface area contributed by atoms with E-state index >= 15 is 0 Å². The van der Waals surface area contributed by atoms with Crippen LogP contribution in [-0.2, 0) is 17.8 Å². The minimum atomic E-state index is 0.237. The summed E-state index contributed by atoms with van der Waals surface area (Å²) in [6.45, 7) is 0.682. The summed E-state index contributed by atoms with van der Waals surface area (Å²) in [5.74, 6) is 0.626. The monoisotopic (exact) mass is 325 g/mol. The number of aryl methyl sites for hydroxylation is 1. The van der Waals surface area contributed by atoms with Crippen molar-refractivity contribution in [1.82, 2.24) is 4.90 Å². The van der Waals surface area contributed by atoms with Crippen molar-refractivity contribution in [3.05, 3.63) is 65.2 Å². The van der Waals surface area contributed by atoms with E-state index in [1.54, 1.807) is 11.8 Å². The molecule has 0 heterocycles. The van der Waals surface area contributed by atoms with Crippen molar-refractivity contribution >= 4 is 17.7 Å². The molecule has 23 heavy (non-hydrogen) atoms. The van der Waals surface area contributed by atoms with Gasteiger partial charge >= 0.3 is 0 Å². The molecule has 3 rings (SSSR count). The van der Waals surface area contributed by atoms with Crippen LogP contribution in [0.4, 0.5) is 0 Å². The van der Waals surface area contributed by atoms with E-state index in [1.807, 2.05) is 11.9 Å². The zero-order valence-electron chi connectivity index (χ0n) is 13.8. The van der Waals surface area contributed by atoms with Crippen molar-refractivity contribution < 1.29 is 4.79 Å². The number of carbonyl (C=O) groups is 1. The summed E-state index contributed by atoms with van der Waals surface area (Å²) < 4.78 is 0. The van der Waals surface area contributed by atoms with Crippen molar-refractivity contribution in [3.8, 4) is 0 Å². The van der Waals surface area contributed by atoms with Gasteiger partial charge in [0.2, 0.25) is 5.91 Å². The lowest BCUT2D eigenvalue weighted by molar-refractivity contribution is -0.130. The van der Waals surface area contributed by atoms with Crippen LogP contribution in [0, 0.1) is 0 Å². The molecule has 0 aliphatic heterocycles. The number of nitrogens with zero attached hydrogens (tertiary/aromatic N) is 1. The van der Waals surface area contributed by atoms with E-state index in [4.69, 9.17) is 0 Å². The molecule has 0 fully saturated rings. The van der Waals surface area contributed by atoms with Gasteiger partial charge in [0.15, 0.2) is 0 Å². The molecule has 1 unspecified atom stereocenters. The summed E-state index contributed by atoms with van der Waals surface area (Å²) in [6.07, 6.45) is 4.90. The van der Waals surface area contributed by atoms with Gasteiger partial charge in [-0.3, -0.25) is 4.79 Å². The highest BCUT2D eigenvalue weighted by molar-refractivity contribution is 7.98. The normalized spacial score (nSPS) is 16.2. The molecule has 1 atom stereocenters. The van der Waals surface area contributed by atoms with Crippen molar-refractivity contribution in [1.29, 1.82) is 0 Å². The molecule has 1 aliphatic rings. The molecule has 0 radical (unpaired) electrons. The minimum Gasteiger partial charge on any atom is -0.341 e. The zero-order chi connectivity index (χ0) is 16.2. The highest BCUT2D eigenvalue weighted by Crippen LogP contribution is 2.35. The highest BCUT2D eigenvalue weighted by atomic mass is 32.2. The van der Waals surface area contributed by atoms with Gasteiger partial charge < -0.3 is 4.90 Å². The van der Waals surface area contributed by atoms with Gasteiger partial charge in [0.25, 0.3) is 0 Å². The predicted octanol–water partition coefficient (Wildman–Crippen LogP) is 4.49. The molecule has 2 nitrogen and oxygen atoms in total. The first-order chi connectivity index (χ1) is 11.2. The fourth-order valence-electron chi connectivity index (χ4n) is 3.32. The Morgan fingerprint density at radius 2 is 1.91 bits per heavy atom. The summed E-state index contributed by atoms with van der Waals surface area (Å²) in [6, 6.07) is 17.0. The third kappa shape index (κ3) is 3.78. The highest BCUT2D eigenvalue weighted by Gasteiger charge is 2.25. The predicted molar refractivity (Wildman–Crippen MR) is 96.8 cm³/mol. The van der Waals surface area contributed by atoms with Gasteiger partial charge in [-0.1, -0.05) is 36.4 Å². The van der Waals surface area contributed by atoms with E-state index in [9.17, 15) is 4.79 Å². The van der Waals surface area contributed by atoms with Gasteiger partial charge in [0.1, 0.15) is 0 Å². The molecule has 0 N–H and O–H groups in total. The van der Waals surface area contributed by atoms with Crippen LogP contribution in [0.3, 0.4) is 0 Å². The molecule has 0 bridgehead atoms. The van der Waals surface area contributed by atoms with Gasteiger partial charge in [-0.25, -0.2) is 0 Å². The van der Waals surface area contributed by atoms with Gasteiger partial charge in [-0.2, -0.15) is 0 Å². The molecule has 0 saturated heterocycles. The van der Waals surface area contributed by atoms with Crippen LogP contribution in [0.1, 0.15) is 35.4 Å². The molecule has 2 aromatic carbocycles. The second kappa shape index (κ2) is 7.22. The Balaban J connectivity index is 1.59. The summed E-state index contributed by atoms with van der Waals surface area (Å²) in [4.78, 5) is 15.7. The Kier molecular flexibility index (Phi) is 5.06. The molecule has 0 spiro atoms. The molecule has 3 heteroatoms. The number of hydrogen-bond donors (Lipinski definition) is 0. The third-order valence-corrected chi connectivity index (χ3v) is 5.43. The summed E-state index contributed by atoms with van der Waals surface area (Å²) in [5.41, 5.74) is 3.98. The van der Waals surface area contributed by atoms with Gasteiger partial charge in [-0.05, 0) is 53.8 Å². The lowest BCUT2D eigenvalue weighted by Crippen LogP contribution is -2.27. The maximum absolute atomic E-state index is 12.6. The van der Waals surface area contributed by atoms with Crippen LogP contribution >= 0.6 is 11.8 Å². The van der Waals surface area contributed by atoms with E-state index in [1.165, 1.54) is 21.6 Å². The smallest absolute Gasteiger partial charge is 0.223 e. The SMILES string of the molecule is CSc1ccc(CN(C)C(=O)CC2CCc3ccccc32)cc1.